The van der Waals surface area contributed by atoms with Crippen molar-refractivity contribution in [2.75, 3.05) is 18.5 Å². The summed E-state index contributed by atoms with van der Waals surface area (Å²) in [7, 11) is 0. The number of esters is 1. The van der Waals surface area contributed by atoms with Gasteiger partial charge in [0.2, 0.25) is 5.91 Å². The highest BCUT2D eigenvalue weighted by Gasteiger charge is 2.09. The van der Waals surface area contributed by atoms with E-state index >= 15 is 0 Å². The van der Waals surface area contributed by atoms with Crippen molar-refractivity contribution in [2.24, 2.45) is 0 Å². The van der Waals surface area contributed by atoms with Crippen molar-refractivity contribution in [3.05, 3.63) is 65.7 Å². The average Bonchev–Trinajstić information content (AvgIpc) is 2.68. The number of nitrogens with one attached hydrogen (secondary N) is 2. The van der Waals surface area contributed by atoms with Crippen molar-refractivity contribution in [3.8, 4) is 0 Å². The molecule has 0 aliphatic carbocycles. The molecule has 142 valence electrons. The molecule has 0 fully saturated rings. The minimum absolute atomic E-state index is 0.0254. The van der Waals surface area contributed by atoms with Gasteiger partial charge in [0.05, 0.1) is 13.0 Å². The monoisotopic (exact) mass is 368 g/mol. The lowest BCUT2D eigenvalue weighted by atomic mass is 10.2. The number of hydrogen-bond donors (Lipinski definition) is 2. The molecule has 6 nitrogen and oxygen atoms in total. The minimum atomic E-state index is -0.396. The van der Waals surface area contributed by atoms with E-state index in [1.165, 1.54) is 0 Å². The molecule has 2 amide bonds. The van der Waals surface area contributed by atoms with E-state index < -0.39 is 5.97 Å². The average molecular weight is 368 g/mol. The van der Waals surface area contributed by atoms with Gasteiger partial charge in [-0.05, 0) is 36.8 Å². The van der Waals surface area contributed by atoms with Gasteiger partial charge in [0.1, 0.15) is 0 Å². The number of benzene rings is 2. The molecule has 0 saturated carbocycles. The second-order valence-electron chi connectivity index (χ2n) is 5.94. The maximum atomic E-state index is 11.9. The van der Waals surface area contributed by atoms with Crippen molar-refractivity contribution in [1.82, 2.24) is 5.32 Å². The highest BCUT2D eigenvalue weighted by Crippen LogP contribution is 2.10. The SMILES string of the molecule is CCNC(=O)c1ccc(NC(=O)CCC(=O)OCCc2ccccc2)cc1. The third-order valence-corrected chi connectivity index (χ3v) is 3.82. The summed E-state index contributed by atoms with van der Waals surface area (Å²) in [5, 5.41) is 5.40. The Hall–Kier alpha value is -3.15. The second kappa shape index (κ2) is 10.8. The van der Waals surface area contributed by atoms with Crippen LogP contribution in [0.25, 0.3) is 0 Å². The quantitative estimate of drug-likeness (QED) is 0.667. The van der Waals surface area contributed by atoms with Crippen LogP contribution in [-0.2, 0) is 20.7 Å². The Morgan fingerprint density at radius 2 is 1.63 bits per heavy atom. The molecule has 0 radical (unpaired) electrons. The van der Waals surface area contributed by atoms with Gasteiger partial charge in [0.15, 0.2) is 0 Å². The zero-order chi connectivity index (χ0) is 19.5. The normalized spacial score (nSPS) is 10.1. The van der Waals surface area contributed by atoms with Gasteiger partial charge in [-0.15, -0.1) is 0 Å². The Balaban J connectivity index is 1.67. The third-order valence-electron chi connectivity index (χ3n) is 3.82. The fraction of sp³-hybridized carbons (Fsp3) is 0.286. The number of rotatable bonds is 9. The fourth-order valence-electron chi connectivity index (χ4n) is 2.41. The van der Waals surface area contributed by atoms with Crippen LogP contribution in [0.3, 0.4) is 0 Å². The van der Waals surface area contributed by atoms with E-state index in [0.717, 1.165) is 5.56 Å². The van der Waals surface area contributed by atoms with E-state index in [1.54, 1.807) is 24.3 Å². The van der Waals surface area contributed by atoms with Crippen LogP contribution >= 0.6 is 0 Å². The van der Waals surface area contributed by atoms with E-state index in [9.17, 15) is 14.4 Å². The molecule has 0 saturated heterocycles. The van der Waals surface area contributed by atoms with E-state index in [1.807, 2.05) is 37.3 Å². The molecule has 2 aromatic rings. The summed E-state index contributed by atoms with van der Waals surface area (Å²) in [6, 6.07) is 16.3. The van der Waals surface area contributed by atoms with Gasteiger partial charge in [-0.3, -0.25) is 14.4 Å². The summed E-state index contributed by atoms with van der Waals surface area (Å²) in [5.41, 5.74) is 2.20. The molecule has 27 heavy (non-hydrogen) atoms. The first-order chi connectivity index (χ1) is 13.1. The summed E-state index contributed by atoms with van der Waals surface area (Å²) in [6.07, 6.45) is 0.719. The lowest BCUT2D eigenvalue weighted by Gasteiger charge is -2.07. The van der Waals surface area contributed by atoms with Crippen LogP contribution in [0.4, 0.5) is 5.69 Å². The van der Waals surface area contributed by atoms with Gasteiger partial charge in [0.25, 0.3) is 5.91 Å². The summed E-state index contributed by atoms with van der Waals surface area (Å²) < 4.78 is 5.15. The highest BCUT2D eigenvalue weighted by atomic mass is 16.5. The number of amides is 2. The molecule has 0 aromatic heterocycles. The van der Waals surface area contributed by atoms with Crippen molar-refractivity contribution in [2.45, 2.75) is 26.2 Å². The lowest BCUT2D eigenvalue weighted by molar-refractivity contribution is -0.144. The van der Waals surface area contributed by atoms with Crippen molar-refractivity contribution in [3.63, 3.8) is 0 Å². The van der Waals surface area contributed by atoms with Gasteiger partial charge in [-0.2, -0.15) is 0 Å². The number of hydrogen-bond acceptors (Lipinski definition) is 4. The smallest absolute Gasteiger partial charge is 0.306 e. The molecule has 2 N–H and O–H groups in total. The van der Waals surface area contributed by atoms with E-state index in [2.05, 4.69) is 10.6 Å². The highest BCUT2D eigenvalue weighted by molar-refractivity contribution is 5.96. The molecule has 0 spiro atoms. The lowest BCUT2D eigenvalue weighted by Crippen LogP contribution is -2.22. The largest absolute Gasteiger partial charge is 0.465 e. The Morgan fingerprint density at radius 3 is 2.30 bits per heavy atom. The Bertz CT molecular complexity index is 758. The first-order valence-electron chi connectivity index (χ1n) is 8.96. The van der Waals surface area contributed by atoms with E-state index in [4.69, 9.17) is 4.74 Å². The Morgan fingerprint density at radius 1 is 0.926 bits per heavy atom. The summed E-state index contributed by atoms with van der Waals surface area (Å²) >= 11 is 0. The fourth-order valence-corrected chi connectivity index (χ4v) is 2.41. The Kier molecular flexibility index (Phi) is 8.03. The van der Waals surface area contributed by atoms with E-state index in [-0.39, 0.29) is 24.7 Å². The molecule has 2 rings (SSSR count). The van der Waals surface area contributed by atoms with Crippen LogP contribution in [-0.4, -0.2) is 30.9 Å². The molecule has 0 unspecified atom stereocenters. The third kappa shape index (κ3) is 7.32. The minimum Gasteiger partial charge on any atom is -0.465 e. The summed E-state index contributed by atoms with van der Waals surface area (Å²) in [4.78, 5) is 35.3. The first kappa shape index (κ1) is 20.2. The summed E-state index contributed by atoms with van der Waals surface area (Å²) in [5.74, 6) is -0.831. The van der Waals surface area contributed by atoms with Crippen LogP contribution in [0, 0.1) is 0 Å². The molecule has 0 aliphatic rings. The zero-order valence-corrected chi connectivity index (χ0v) is 15.4. The number of anilines is 1. The zero-order valence-electron chi connectivity index (χ0n) is 15.4. The number of carbonyl (C=O) groups excluding carboxylic acids is 3. The van der Waals surface area contributed by atoms with Gasteiger partial charge in [-0.25, -0.2) is 0 Å². The van der Waals surface area contributed by atoms with Gasteiger partial charge >= 0.3 is 5.97 Å². The molecule has 0 bridgehead atoms. The topological polar surface area (TPSA) is 84.5 Å². The molecular formula is C21H24N2O4. The molecule has 0 heterocycles. The van der Waals surface area contributed by atoms with Gasteiger partial charge in [-0.1, -0.05) is 30.3 Å². The van der Waals surface area contributed by atoms with Gasteiger partial charge in [0, 0.05) is 30.6 Å². The standard InChI is InChI=1S/C21H24N2O4/c1-2-22-21(26)17-8-10-18(11-9-17)23-19(24)12-13-20(25)27-15-14-16-6-4-3-5-7-16/h3-11H,2,12-15H2,1H3,(H,22,26)(H,23,24). The van der Waals surface area contributed by atoms with Crippen LogP contribution < -0.4 is 10.6 Å². The number of carbonyl (C=O) groups is 3. The molecule has 0 aliphatic heterocycles. The predicted octanol–water partition coefficient (Wildman–Crippen LogP) is 2.94. The molecular weight excluding hydrogens is 344 g/mol. The maximum Gasteiger partial charge on any atom is 0.306 e. The molecule has 2 aromatic carbocycles. The van der Waals surface area contributed by atoms with Crippen LogP contribution in [0.15, 0.2) is 54.6 Å². The van der Waals surface area contributed by atoms with Crippen molar-refractivity contribution >= 4 is 23.5 Å². The molecule has 6 heteroatoms. The van der Waals surface area contributed by atoms with Crippen LogP contribution in [0.5, 0.6) is 0 Å². The molecule has 0 atom stereocenters. The summed E-state index contributed by atoms with van der Waals surface area (Å²) in [6.45, 7) is 2.70. The first-order valence-corrected chi connectivity index (χ1v) is 8.96. The maximum absolute atomic E-state index is 11.9. The van der Waals surface area contributed by atoms with Crippen molar-refractivity contribution < 1.29 is 19.1 Å². The van der Waals surface area contributed by atoms with Crippen LogP contribution in [0.1, 0.15) is 35.7 Å². The second-order valence-corrected chi connectivity index (χ2v) is 5.94. The number of ether oxygens (including phenoxy) is 1. The van der Waals surface area contributed by atoms with Crippen LogP contribution in [0.2, 0.25) is 0 Å². The Labute approximate surface area is 158 Å². The van der Waals surface area contributed by atoms with Gasteiger partial charge < -0.3 is 15.4 Å². The van der Waals surface area contributed by atoms with E-state index in [0.29, 0.717) is 30.8 Å². The predicted molar refractivity (Wildman–Crippen MR) is 103 cm³/mol. The van der Waals surface area contributed by atoms with Crippen molar-refractivity contribution in [1.29, 1.82) is 0 Å².